The third-order valence-corrected chi connectivity index (χ3v) is 4.05. The first kappa shape index (κ1) is 16.5. The Balaban J connectivity index is 1.95. The summed E-state index contributed by atoms with van der Waals surface area (Å²) in [5, 5.41) is 3.04. The number of amides is 2. The number of hydrogen-bond donors (Lipinski definition) is 1. The van der Waals surface area contributed by atoms with E-state index in [1.807, 2.05) is 54.1 Å². The van der Waals surface area contributed by atoms with Gasteiger partial charge >= 0.3 is 0 Å². The van der Waals surface area contributed by atoms with Crippen LogP contribution in [0.15, 0.2) is 30.3 Å². The summed E-state index contributed by atoms with van der Waals surface area (Å²) < 4.78 is 0. The molecule has 0 bridgehead atoms. The molecule has 120 valence electrons. The highest BCUT2D eigenvalue weighted by Gasteiger charge is 2.25. The molecule has 22 heavy (non-hydrogen) atoms. The number of nitrogens with zero attached hydrogens (tertiary/aromatic N) is 2. The van der Waals surface area contributed by atoms with E-state index in [9.17, 15) is 9.59 Å². The molecule has 0 aromatic heterocycles. The van der Waals surface area contributed by atoms with E-state index in [2.05, 4.69) is 5.32 Å². The van der Waals surface area contributed by atoms with Crippen molar-refractivity contribution in [3.63, 3.8) is 0 Å². The van der Waals surface area contributed by atoms with Gasteiger partial charge in [-0.2, -0.15) is 0 Å². The minimum absolute atomic E-state index is 0.0265. The van der Waals surface area contributed by atoms with Crippen molar-refractivity contribution < 1.29 is 9.59 Å². The fraction of sp³-hybridized carbons (Fsp3) is 0.529. The average Bonchev–Trinajstić information content (AvgIpc) is 2.80. The molecule has 5 heteroatoms. The predicted molar refractivity (Wildman–Crippen MR) is 86.6 cm³/mol. The number of carbonyl (C=O) groups excluding carboxylic acids is 2. The van der Waals surface area contributed by atoms with Gasteiger partial charge in [0.05, 0.1) is 0 Å². The van der Waals surface area contributed by atoms with E-state index in [1.54, 1.807) is 0 Å². The van der Waals surface area contributed by atoms with E-state index in [-0.39, 0.29) is 17.7 Å². The second-order valence-corrected chi connectivity index (χ2v) is 5.80. The predicted octanol–water partition coefficient (Wildman–Crippen LogP) is 1.22. The van der Waals surface area contributed by atoms with E-state index >= 15 is 0 Å². The van der Waals surface area contributed by atoms with Crippen LogP contribution in [0.5, 0.6) is 0 Å². The molecule has 1 aliphatic heterocycles. The zero-order chi connectivity index (χ0) is 15.9. The summed E-state index contributed by atoms with van der Waals surface area (Å²) in [6.45, 7) is 5.28. The van der Waals surface area contributed by atoms with Crippen LogP contribution in [0.4, 0.5) is 0 Å². The number of benzene rings is 1. The fourth-order valence-corrected chi connectivity index (χ4v) is 2.81. The van der Waals surface area contributed by atoms with Crippen molar-refractivity contribution in [1.82, 2.24) is 15.1 Å². The molecule has 0 spiro atoms. The van der Waals surface area contributed by atoms with Gasteiger partial charge in [-0.25, -0.2) is 0 Å². The van der Waals surface area contributed by atoms with Crippen molar-refractivity contribution in [2.45, 2.75) is 13.3 Å². The molecular formula is C17H25N3O2. The first-order chi connectivity index (χ1) is 10.6. The largest absolute Gasteiger partial charge is 0.341 e. The standard InChI is InChI=1S/C17H25N3O2/c1-14(13-18-2)16(21)19-9-6-10-20(12-11-19)17(22)15-7-4-3-5-8-15/h3-5,7-8,14,18H,6,9-13H2,1-2H3. The van der Waals surface area contributed by atoms with Crippen LogP contribution in [0.3, 0.4) is 0 Å². The molecule has 2 rings (SSSR count). The van der Waals surface area contributed by atoms with Gasteiger partial charge in [-0.05, 0) is 25.6 Å². The lowest BCUT2D eigenvalue weighted by molar-refractivity contribution is -0.134. The first-order valence-corrected chi connectivity index (χ1v) is 7.91. The Hall–Kier alpha value is -1.88. The normalized spacial score (nSPS) is 17.0. The summed E-state index contributed by atoms with van der Waals surface area (Å²) in [4.78, 5) is 28.6. The van der Waals surface area contributed by atoms with Gasteiger partial charge in [0.25, 0.3) is 5.91 Å². The van der Waals surface area contributed by atoms with Crippen molar-refractivity contribution in [2.75, 3.05) is 39.8 Å². The van der Waals surface area contributed by atoms with Gasteiger partial charge in [0.2, 0.25) is 5.91 Å². The highest BCUT2D eigenvalue weighted by atomic mass is 16.2. The summed E-state index contributed by atoms with van der Waals surface area (Å²) in [6, 6.07) is 9.33. The van der Waals surface area contributed by atoms with Crippen LogP contribution >= 0.6 is 0 Å². The maximum Gasteiger partial charge on any atom is 0.253 e. The van der Waals surface area contributed by atoms with Crippen LogP contribution in [-0.4, -0.2) is 61.4 Å². The topological polar surface area (TPSA) is 52.7 Å². The Morgan fingerprint density at radius 3 is 2.41 bits per heavy atom. The summed E-state index contributed by atoms with van der Waals surface area (Å²) in [5.74, 6) is 0.197. The Morgan fingerprint density at radius 2 is 1.73 bits per heavy atom. The Bertz CT molecular complexity index is 504. The van der Waals surface area contributed by atoms with E-state index in [4.69, 9.17) is 0 Å². The maximum absolute atomic E-state index is 12.5. The van der Waals surface area contributed by atoms with Crippen LogP contribution in [0.25, 0.3) is 0 Å². The maximum atomic E-state index is 12.5. The minimum Gasteiger partial charge on any atom is -0.341 e. The average molecular weight is 303 g/mol. The lowest BCUT2D eigenvalue weighted by Gasteiger charge is -2.24. The van der Waals surface area contributed by atoms with Crippen LogP contribution in [0.1, 0.15) is 23.7 Å². The van der Waals surface area contributed by atoms with Crippen molar-refractivity contribution in [1.29, 1.82) is 0 Å². The van der Waals surface area contributed by atoms with Gasteiger partial charge in [-0.3, -0.25) is 9.59 Å². The molecule has 0 saturated carbocycles. The Morgan fingerprint density at radius 1 is 1.09 bits per heavy atom. The monoisotopic (exact) mass is 303 g/mol. The van der Waals surface area contributed by atoms with E-state index < -0.39 is 0 Å². The van der Waals surface area contributed by atoms with E-state index in [0.717, 1.165) is 13.0 Å². The zero-order valence-corrected chi connectivity index (χ0v) is 13.4. The van der Waals surface area contributed by atoms with Crippen LogP contribution in [0.2, 0.25) is 0 Å². The molecule has 0 radical (unpaired) electrons. The minimum atomic E-state index is -0.0265. The Kier molecular flexibility index (Phi) is 5.95. The van der Waals surface area contributed by atoms with E-state index in [1.165, 1.54) is 0 Å². The summed E-state index contributed by atoms with van der Waals surface area (Å²) in [6.07, 6.45) is 0.830. The molecule has 1 aromatic carbocycles. The zero-order valence-electron chi connectivity index (χ0n) is 13.4. The third-order valence-electron chi connectivity index (χ3n) is 4.05. The smallest absolute Gasteiger partial charge is 0.253 e. The van der Waals surface area contributed by atoms with Crippen molar-refractivity contribution >= 4 is 11.8 Å². The summed E-state index contributed by atoms with van der Waals surface area (Å²) in [7, 11) is 1.85. The lowest BCUT2D eigenvalue weighted by Crippen LogP contribution is -2.41. The molecule has 1 atom stereocenters. The SMILES string of the molecule is CNCC(C)C(=O)N1CCCN(C(=O)c2ccccc2)CC1. The van der Waals surface area contributed by atoms with Gasteiger partial charge in [0.15, 0.2) is 0 Å². The third kappa shape index (κ3) is 4.07. The fourth-order valence-electron chi connectivity index (χ4n) is 2.81. The molecule has 1 aliphatic rings. The Labute approximate surface area is 132 Å². The number of nitrogens with one attached hydrogen (secondary N) is 1. The number of hydrogen-bond acceptors (Lipinski definition) is 3. The molecular weight excluding hydrogens is 278 g/mol. The molecule has 0 aliphatic carbocycles. The van der Waals surface area contributed by atoms with Gasteiger partial charge in [0.1, 0.15) is 0 Å². The molecule has 5 nitrogen and oxygen atoms in total. The molecule has 1 saturated heterocycles. The highest BCUT2D eigenvalue weighted by Crippen LogP contribution is 2.11. The van der Waals surface area contributed by atoms with Gasteiger partial charge in [0, 0.05) is 44.2 Å². The molecule has 2 amide bonds. The quantitative estimate of drug-likeness (QED) is 0.910. The van der Waals surface area contributed by atoms with Crippen LogP contribution < -0.4 is 5.32 Å². The molecule has 1 unspecified atom stereocenters. The number of rotatable bonds is 4. The van der Waals surface area contributed by atoms with Crippen LogP contribution in [0, 0.1) is 5.92 Å². The summed E-state index contributed by atoms with van der Waals surface area (Å²) in [5.41, 5.74) is 0.714. The van der Waals surface area contributed by atoms with Crippen molar-refractivity contribution in [2.24, 2.45) is 5.92 Å². The van der Waals surface area contributed by atoms with E-state index in [0.29, 0.717) is 31.7 Å². The highest BCUT2D eigenvalue weighted by molar-refractivity contribution is 5.94. The lowest BCUT2D eigenvalue weighted by atomic mass is 10.1. The first-order valence-electron chi connectivity index (χ1n) is 7.91. The van der Waals surface area contributed by atoms with Crippen LogP contribution in [-0.2, 0) is 4.79 Å². The van der Waals surface area contributed by atoms with Gasteiger partial charge < -0.3 is 15.1 Å². The molecule has 1 heterocycles. The van der Waals surface area contributed by atoms with Crippen molar-refractivity contribution in [3.8, 4) is 0 Å². The second kappa shape index (κ2) is 7.94. The van der Waals surface area contributed by atoms with Gasteiger partial charge in [-0.15, -0.1) is 0 Å². The van der Waals surface area contributed by atoms with Gasteiger partial charge in [-0.1, -0.05) is 25.1 Å². The summed E-state index contributed by atoms with van der Waals surface area (Å²) >= 11 is 0. The molecule has 1 aromatic rings. The molecule has 1 fully saturated rings. The second-order valence-electron chi connectivity index (χ2n) is 5.80. The number of carbonyl (C=O) groups is 2. The van der Waals surface area contributed by atoms with Crippen molar-refractivity contribution in [3.05, 3.63) is 35.9 Å². The molecule has 1 N–H and O–H groups in total.